The molecule has 7 heteroatoms. The number of rotatable bonds is 10. The van der Waals surface area contributed by atoms with Gasteiger partial charge in [0.05, 0.1) is 31.2 Å². The van der Waals surface area contributed by atoms with Gasteiger partial charge in [-0.05, 0) is 43.7 Å². The fourth-order valence-corrected chi connectivity index (χ4v) is 4.33. The fourth-order valence-electron chi connectivity index (χ4n) is 4.33. The number of anilines is 1. The zero-order valence-corrected chi connectivity index (χ0v) is 20.6. The van der Waals surface area contributed by atoms with Crippen LogP contribution in [-0.2, 0) is 0 Å². The Bertz CT molecular complexity index is 1080. The number of nitrogens with one attached hydrogen (secondary N) is 1. The third-order valence-corrected chi connectivity index (χ3v) is 6.38. The van der Waals surface area contributed by atoms with Gasteiger partial charge in [-0.25, -0.2) is 0 Å². The quantitative estimate of drug-likeness (QED) is 0.447. The molecular formula is C28H34N4O3. The van der Waals surface area contributed by atoms with E-state index < -0.39 is 0 Å². The molecule has 1 aliphatic rings. The average molecular weight is 475 g/mol. The molecule has 0 spiro atoms. The van der Waals surface area contributed by atoms with Crippen LogP contribution in [0.4, 0.5) is 5.69 Å². The largest absolute Gasteiger partial charge is 0.497 e. The molecule has 0 aliphatic carbocycles. The number of nitrogens with zero attached hydrogens (tertiary/aromatic N) is 3. The standard InChI is InChI=1S/C28H34N4O3/c1-34-24-11-13-26(27(20-24)35-2)32-18-16-31(17-19-32)15-7-6-14-29-28(33)23-10-12-25(30-21-23)22-8-4-3-5-9-22/h3-5,8-13,20-21H,6-7,14-19H2,1-2H3,(H,29,33). The van der Waals surface area contributed by atoms with Gasteiger partial charge in [0, 0.05) is 50.6 Å². The SMILES string of the molecule is COc1ccc(N2CCN(CCCCNC(=O)c3ccc(-c4ccccc4)nc3)CC2)c(OC)c1. The lowest BCUT2D eigenvalue weighted by Gasteiger charge is -2.36. The second-order valence-corrected chi connectivity index (χ2v) is 8.63. The third-order valence-electron chi connectivity index (χ3n) is 6.38. The first-order valence-electron chi connectivity index (χ1n) is 12.2. The molecule has 0 unspecified atom stereocenters. The van der Waals surface area contributed by atoms with Gasteiger partial charge in [-0.3, -0.25) is 14.7 Å². The van der Waals surface area contributed by atoms with Crippen molar-refractivity contribution in [2.75, 3.05) is 58.4 Å². The van der Waals surface area contributed by atoms with Gasteiger partial charge in [0.25, 0.3) is 5.91 Å². The summed E-state index contributed by atoms with van der Waals surface area (Å²) in [5.41, 5.74) is 3.62. The van der Waals surface area contributed by atoms with E-state index in [1.165, 1.54) is 0 Å². The average Bonchev–Trinajstić information content (AvgIpc) is 2.93. The summed E-state index contributed by atoms with van der Waals surface area (Å²) >= 11 is 0. The molecule has 0 atom stereocenters. The highest BCUT2D eigenvalue weighted by molar-refractivity contribution is 5.94. The number of piperazine rings is 1. The highest BCUT2D eigenvalue weighted by atomic mass is 16.5. The first kappa shape index (κ1) is 24.5. The minimum atomic E-state index is -0.0702. The molecule has 1 saturated heterocycles. The van der Waals surface area contributed by atoms with Crippen molar-refractivity contribution in [3.8, 4) is 22.8 Å². The van der Waals surface area contributed by atoms with Gasteiger partial charge in [-0.1, -0.05) is 30.3 Å². The van der Waals surface area contributed by atoms with Gasteiger partial charge >= 0.3 is 0 Å². The predicted octanol–water partition coefficient (Wildman–Crippen LogP) is 4.10. The van der Waals surface area contributed by atoms with E-state index in [-0.39, 0.29) is 5.91 Å². The molecule has 2 heterocycles. The van der Waals surface area contributed by atoms with Crippen LogP contribution in [0.15, 0.2) is 66.9 Å². The van der Waals surface area contributed by atoms with Gasteiger partial charge in [0.1, 0.15) is 11.5 Å². The van der Waals surface area contributed by atoms with Crippen LogP contribution in [0, 0.1) is 0 Å². The Hall–Kier alpha value is -3.58. The minimum absolute atomic E-state index is 0.0702. The number of hydrogen-bond acceptors (Lipinski definition) is 6. The molecule has 1 amide bonds. The molecule has 2 aromatic carbocycles. The van der Waals surface area contributed by atoms with Crippen molar-refractivity contribution >= 4 is 11.6 Å². The van der Waals surface area contributed by atoms with E-state index in [4.69, 9.17) is 9.47 Å². The summed E-state index contributed by atoms with van der Waals surface area (Å²) < 4.78 is 10.9. The van der Waals surface area contributed by atoms with Crippen molar-refractivity contribution in [2.45, 2.75) is 12.8 Å². The van der Waals surface area contributed by atoms with Crippen molar-refractivity contribution < 1.29 is 14.3 Å². The Morgan fingerprint density at radius 2 is 1.74 bits per heavy atom. The number of methoxy groups -OCH3 is 2. The van der Waals surface area contributed by atoms with Gasteiger partial charge < -0.3 is 19.7 Å². The zero-order valence-electron chi connectivity index (χ0n) is 20.6. The first-order valence-corrected chi connectivity index (χ1v) is 12.2. The molecule has 1 aliphatic heterocycles. The van der Waals surface area contributed by atoms with E-state index in [0.717, 1.165) is 74.0 Å². The Morgan fingerprint density at radius 3 is 2.43 bits per heavy atom. The maximum Gasteiger partial charge on any atom is 0.252 e. The molecule has 1 aromatic heterocycles. The van der Waals surface area contributed by atoms with E-state index in [1.807, 2.05) is 54.6 Å². The predicted molar refractivity (Wildman–Crippen MR) is 139 cm³/mol. The maximum absolute atomic E-state index is 12.4. The number of hydrogen-bond donors (Lipinski definition) is 1. The second-order valence-electron chi connectivity index (χ2n) is 8.63. The Labute approximate surface area is 207 Å². The smallest absolute Gasteiger partial charge is 0.252 e. The van der Waals surface area contributed by atoms with Crippen LogP contribution in [0.3, 0.4) is 0 Å². The van der Waals surface area contributed by atoms with Crippen LogP contribution in [-0.4, -0.2) is 69.3 Å². The van der Waals surface area contributed by atoms with Crippen LogP contribution in [0.25, 0.3) is 11.3 Å². The van der Waals surface area contributed by atoms with E-state index in [9.17, 15) is 4.79 Å². The van der Waals surface area contributed by atoms with Gasteiger partial charge in [0.2, 0.25) is 0 Å². The lowest BCUT2D eigenvalue weighted by Crippen LogP contribution is -2.46. The highest BCUT2D eigenvalue weighted by Gasteiger charge is 2.20. The Morgan fingerprint density at radius 1 is 0.943 bits per heavy atom. The van der Waals surface area contributed by atoms with Gasteiger partial charge in [-0.2, -0.15) is 0 Å². The van der Waals surface area contributed by atoms with Crippen LogP contribution >= 0.6 is 0 Å². The number of carbonyl (C=O) groups is 1. The molecule has 1 N–H and O–H groups in total. The van der Waals surface area contributed by atoms with E-state index in [2.05, 4.69) is 26.2 Å². The van der Waals surface area contributed by atoms with E-state index in [1.54, 1.807) is 20.4 Å². The number of unbranched alkanes of at least 4 members (excludes halogenated alkanes) is 1. The molecule has 4 rings (SSSR count). The summed E-state index contributed by atoms with van der Waals surface area (Å²) in [6, 6.07) is 19.7. The Balaban J connectivity index is 1.15. The van der Waals surface area contributed by atoms with E-state index >= 15 is 0 Å². The van der Waals surface area contributed by atoms with Crippen molar-refractivity contribution in [3.05, 3.63) is 72.4 Å². The first-order chi connectivity index (χ1) is 17.2. The van der Waals surface area contributed by atoms with Gasteiger partial charge in [-0.15, -0.1) is 0 Å². The number of benzene rings is 2. The summed E-state index contributed by atoms with van der Waals surface area (Å²) in [7, 11) is 3.36. The molecule has 0 bridgehead atoms. The normalized spacial score (nSPS) is 13.9. The maximum atomic E-state index is 12.4. The fraction of sp³-hybridized carbons (Fsp3) is 0.357. The van der Waals surface area contributed by atoms with Crippen LogP contribution in [0.1, 0.15) is 23.2 Å². The number of ether oxygens (including phenoxy) is 2. The Kier molecular flexibility index (Phi) is 8.57. The van der Waals surface area contributed by atoms with E-state index in [0.29, 0.717) is 12.1 Å². The summed E-state index contributed by atoms with van der Waals surface area (Å²) in [5.74, 6) is 1.58. The summed E-state index contributed by atoms with van der Waals surface area (Å²) in [6.45, 7) is 5.66. The van der Waals surface area contributed by atoms with Crippen LogP contribution < -0.4 is 19.7 Å². The van der Waals surface area contributed by atoms with Gasteiger partial charge in [0.15, 0.2) is 0 Å². The zero-order chi connectivity index (χ0) is 24.5. The topological polar surface area (TPSA) is 66.9 Å². The monoisotopic (exact) mass is 474 g/mol. The lowest BCUT2D eigenvalue weighted by atomic mass is 10.1. The van der Waals surface area contributed by atoms with Crippen molar-refractivity contribution in [1.29, 1.82) is 0 Å². The molecule has 1 fully saturated rings. The number of pyridine rings is 1. The summed E-state index contributed by atoms with van der Waals surface area (Å²) in [5, 5.41) is 3.02. The summed E-state index contributed by atoms with van der Waals surface area (Å²) in [6.07, 6.45) is 3.65. The molecular weight excluding hydrogens is 440 g/mol. The minimum Gasteiger partial charge on any atom is -0.497 e. The molecule has 3 aromatic rings. The molecule has 184 valence electrons. The molecule has 35 heavy (non-hydrogen) atoms. The number of aromatic nitrogens is 1. The van der Waals surface area contributed by atoms with Crippen molar-refractivity contribution in [2.24, 2.45) is 0 Å². The third kappa shape index (κ3) is 6.51. The van der Waals surface area contributed by atoms with Crippen LogP contribution in [0.5, 0.6) is 11.5 Å². The highest BCUT2D eigenvalue weighted by Crippen LogP contribution is 2.32. The number of amides is 1. The molecule has 0 saturated carbocycles. The van der Waals surface area contributed by atoms with Crippen molar-refractivity contribution in [3.63, 3.8) is 0 Å². The molecule has 7 nitrogen and oxygen atoms in total. The second kappa shape index (κ2) is 12.2. The molecule has 0 radical (unpaired) electrons. The summed E-state index contributed by atoms with van der Waals surface area (Å²) in [4.78, 5) is 21.7. The van der Waals surface area contributed by atoms with Crippen LogP contribution in [0.2, 0.25) is 0 Å². The number of carbonyl (C=O) groups excluding carboxylic acids is 1. The lowest BCUT2D eigenvalue weighted by molar-refractivity contribution is 0.0952. The van der Waals surface area contributed by atoms with Crippen molar-refractivity contribution in [1.82, 2.24) is 15.2 Å².